The van der Waals surface area contributed by atoms with Crippen LogP contribution < -0.4 is 20.1 Å². The van der Waals surface area contributed by atoms with Crippen molar-refractivity contribution in [2.45, 2.75) is 25.1 Å². The summed E-state index contributed by atoms with van der Waals surface area (Å²) in [5.41, 5.74) is 0.895. The Morgan fingerprint density at radius 1 is 1.45 bits per heavy atom. The molecule has 1 aliphatic heterocycles. The van der Waals surface area contributed by atoms with Gasteiger partial charge < -0.3 is 25.2 Å². The number of carbonyl (C=O) groups is 1. The summed E-state index contributed by atoms with van der Waals surface area (Å²) in [4.78, 5) is 12.0. The van der Waals surface area contributed by atoms with E-state index in [1.165, 1.54) is 0 Å². The molecule has 0 spiro atoms. The van der Waals surface area contributed by atoms with Crippen LogP contribution in [0.15, 0.2) is 16.6 Å². The fraction of sp³-hybridized carbons (Fsp3) is 0.500. The Labute approximate surface area is 144 Å². The molecule has 22 heavy (non-hydrogen) atoms. The fourth-order valence-corrected chi connectivity index (χ4v) is 2.95. The molecule has 0 aliphatic carbocycles. The van der Waals surface area contributed by atoms with Gasteiger partial charge in [0.15, 0.2) is 11.5 Å². The number of rotatable bonds is 5. The van der Waals surface area contributed by atoms with Crippen molar-refractivity contribution < 1.29 is 19.4 Å². The van der Waals surface area contributed by atoms with Crippen LogP contribution in [0.3, 0.4) is 0 Å². The van der Waals surface area contributed by atoms with Gasteiger partial charge in [0.25, 0.3) is 0 Å². The maximum Gasteiger partial charge on any atom is 0.237 e. The Morgan fingerprint density at radius 3 is 2.73 bits per heavy atom. The number of carbonyl (C=O) groups excluding carboxylic acids is 1. The Hall–Kier alpha value is -1.02. The molecule has 1 heterocycles. The number of benzene rings is 1. The third-order valence-electron chi connectivity index (χ3n) is 3.38. The molecule has 0 aromatic heterocycles. The van der Waals surface area contributed by atoms with Gasteiger partial charge in [0, 0.05) is 13.1 Å². The summed E-state index contributed by atoms with van der Waals surface area (Å²) in [6, 6.07) is 3.36. The molecule has 0 saturated carbocycles. The highest BCUT2D eigenvalue weighted by molar-refractivity contribution is 9.10. The summed E-state index contributed by atoms with van der Waals surface area (Å²) < 4.78 is 11.3. The van der Waals surface area contributed by atoms with Gasteiger partial charge in [-0.25, -0.2) is 0 Å². The van der Waals surface area contributed by atoms with Gasteiger partial charge in [-0.2, -0.15) is 0 Å². The second-order valence-electron chi connectivity index (χ2n) is 4.88. The smallest absolute Gasteiger partial charge is 0.237 e. The number of aliphatic hydroxyl groups excluding tert-OH is 1. The highest BCUT2D eigenvalue weighted by atomic mass is 79.9. The molecule has 2 atom stereocenters. The molecule has 1 amide bonds. The van der Waals surface area contributed by atoms with Crippen molar-refractivity contribution in [1.82, 2.24) is 10.6 Å². The average molecular weight is 396 g/mol. The Morgan fingerprint density at radius 2 is 2.18 bits per heavy atom. The van der Waals surface area contributed by atoms with E-state index in [1.807, 2.05) is 12.1 Å². The maximum atomic E-state index is 12.0. The lowest BCUT2D eigenvalue weighted by Gasteiger charge is -2.14. The van der Waals surface area contributed by atoms with Crippen molar-refractivity contribution in [2.24, 2.45) is 0 Å². The minimum Gasteiger partial charge on any atom is -0.493 e. The summed E-state index contributed by atoms with van der Waals surface area (Å²) in [6.07, 6.45) is -0.00228. The highest BCUT2D eigenvalue weighted by Crippen LogP contribution is 2.36. The number of hydrogen-bond donors (Lipinski definition) is 3. The molecule has 2 rings (SSSR count). The topological polar surface area (TPSA) is 79.8 Å². The molecular weight excluding hydrogens is 376 g/mol. The summed E-state index contributed by atoms with van der Waals surface area (Å²) in [6.45, 7) is 0.839. The maximum absolute atomic E-state index is 12.0. The molecule has 1 aliphatic rings. The van der Waals surface area contributed by atoms with E-state index in [0.717, 1.165) is 10.0 Å². The van der Waals surface area contributed by atoms with Crippen molar-refractivity contribution in [3.05, 3.63) is 22.2 Å². The normalized spacial score (nSPS) is 20.2. The van der Waals surface area contributed by atoms with Crippen LogP contribution >= 0.6 is 28.3 Å². The van der Waals surface area contributed by atoms with Gasteiger partial charge >= 0.3 is 0 Å². The zero-order valence-electron chi connectivity index (χ0n) is 12.4. The van der Waals surface area contributed by atoms with E-state index in [4.69, 9.17) is 9.47 Å². The number of methoxy groups -OCH3 is 2. The Balaban J connectivity index is 0.00000242. The number of hydrogen-bond acceptors (Lipinski definition) is 5. The third-order valence-corrected chi connectivity index (χ3v) is 3.97. The molecule has 0 radical (unpaired) electrons. The third kappa shape index (κ3) is 4.49. The fourth-order valence-electron chi connectivity index (χ4n) is 2.30. The standard InChI is InChI=1S/C14H19BrN2O4.ClH/c1-20-12-4-8(3-10(15)13(12)21-2)6-17-14(19)11-5-9(18)7-16-11;/h3-4,9,11,16,18H,5-7H2,1-2H3,(H,17,19);1H. The molecule has 124 valence electrons. The highest BCUT2D eigenvalue weighted by Gasteiger charge is 2.27. The first-order valence-electron chi connectivity index (χ1n) is 6.64. The predicted molar refractivity (Wildman–Crippen MR) is 88.8 cm³/mol. The second kappa shape index (κ2) is 8.57. The molecule has 1 saturated heterocycles. The van der Waals surface area contributed by atoms with Crippen LogP contribution in [0.1, 0.15) is 12.0 Å². The van der Waals surface area contributed by atoms with Crippen molar-refractivity contribution in [3.8, 4) is 11.5 Å². The van der Waals surface area contributed by atoms with Crippen LogP contribution in [0.2, 0.25) is 0 Å². The van der Waals surface area contributed by atoms with Crippen LogP contribution in [0.5, 0.6) is 11.5 Å². The summed E-state index contributed by atoms with van der Waals surface area (Å²) in [5.74, 6) is 1.11. The molecule has 1 aromatic carbocycles. The van der Waals surface area contributed by atoms with Gasteiger partial charge in [-0.3, -0.25) is 4.79 Å². The quantitative estimate of drug-likeness (QED) is 0.699. The number of amides is 1. The van der Waals surface area contributed by atoms with Gasteiger partial charge in [-0.1, -0.05) is 0 Å². The lowest BCUT2D eigenvalue weighted by atomic mass is 10.1. The van der Waals surface area contributed by atoms with E-state index in [1.54, 1.807) is 14.2 Å². The van der Waals surface area contributed by atoms with Crippen molar-refractivity contribution in [1.29, 1.82) is 0 Å². The minimum atomic E-state index is -0.448. The van der Waals surface area contributed by atoms with Gasteiger partial charge in [0.1, 0.15) is 0 Å². The lowest BCUT2D eigenvalue weighted by Crippen LogP contribution is -2.40. The van der Waals surface area contributed by atoms with E-state index in [0.29, 0.717) is 31.0 Å². The molecule has 3 N–H and O–H groups in total. The van der Waals surface area contributed by atoms with E-state index < -0.39 is 6.10 Å². The van der Waals surface area contributed by atoms with E-state index >= 15 is 0 Å². The SMILES string of the molecule is COc1cc(CNC(=O)C2CC(O)CN2)cc(Br)c1OC.Cl. The minimum absolute atomic E-state index is 0. The van der Waals surface area contributed by atoms with Crippen LogP contribution in [0.4, 0.5) is 0 Å². The second-order valence-corrected chi connectivity index (χ2v) is 5.74. The number of nitrogens with one attached hydrogen (secondary N) is 2. The molecule has 6 nitrogen and oxygen atoms in total. The molecule has 0 bridgehead atoms. The van der Waals surface area contributed by atoms with E-state index in [9.17, 15) is 9.90 Å². The summed E-state index contributed by atoms with van der Waals surface area (Å²) in [7, 11) is 3.14. The van der Waals surface area contributed by atoms with Crippen molar-refractivity contribution in [2.75, 3.05) is 20.8 Å². The molecule has 8 heteroatoms. The number of ether oxygens (including phenoxy) is 2. The number of aliphatic hydroxyl groups is 1. The molecule has 1 fully saturated rings. The van der Waals surface area contributed by atoms with Crippen LogP contribution in [0.25, 0.3) is 0 Å². The van der Waals surface area contributed by atoms with E-state index in [2.05, 4.69) is 26.6 Å². The average Bonchev–Trinajstić information content (AvgIpc) is 2.90. The summed E-state index contributed by atoms with van der Waals surface area (Å²) >= 11 is 3.42. The van der Waals surface area contributed by atoms with Crippen molar-refractivity contribution in [3.63, 3.8) is 0 Å². The van der Waals surface area contributed by atoms with Gasteiger partial charge in [-0.05, 0) is 40.0 Å². The van der Waals surface area contributed by atoms with Crippen LogP contribution in [-0.4, -0.2) is 43.9 Å². The molecule has 2 unspecified atom stereocenters. The Kier molecular flexibility index (Phi) is 7.41. The zero-order chi connectivity index (χ0) is 15.4. The largest absolute Gasteiger partial charge is 0.493 e. The van der Waals surface area contributed by atoms with Crippen molar-refractivity contribution >= 4 is 34.2 Å². The zero-order valence-corrected chi connectivity index (χ0v) is 14.8. The summed E-state index contributed by atoms with van der Waals surface area (Å²) in [5, 5.41) is 15.2. The van der Waals surface area contributed by atoms with Gasteiger partial charge in [-0.15, -0.1) is 12.4 Å². The lowest BCUT2D eigenvalue weighted by molar-refractivity contribution is -0.123. The van der Waals surface area contributed by atoms with Gasteiger partial charge in [0.05, 0.1) is 30.8 Å². The molecular formula is C14H20BrClN2O4. The first-order valence-corrected chi connectivity index (χ1v) is 7.44. The number of halogens is 2. The van der Waals surface area contributed by atoms with Crippen LogP contribution in [-0.2, 0) is 11.3 Å². The van der Waals surface area contributed by atoms with E-state index in [-0.39, 0.29) is 24.4 Å². The first kappa shape index (κ1) is 19.0. The monoisotopic (exact) mass is 394 g/mol. The Bertz CT molecular complexity index is 530. The van der Waals surface area contributed by atoms with Crippen LogP contribution in [0, 0.1) is 0 Å². The van der Waals surface area contributed by atoms with Gasteiger partial charge in [0.2, 0.25) is 5.91 Å². The number of β-amino-alcohol motifs (C(OH)–C–C–N with tert-alkyl or cyclic N) is 1. The first-order chi connectivity index (χ1) is 10.0. The molecule has 1 aromatic rings. The predicted octanol–water partition coefficient (Wildman–Crippen LogP) is 1.23.